The molecule has 2 heteroatoms. The third-order valence-electron chi connectivity index (χ3n) is 3.40. The van der Waals surface area contributed by atoms with Gasteiger partial charge in [-0.05, 0) is 27.5 Å². The van der Waals surface area contributed by atoms with E-state index in [1.54, 1.807) is 7.11 Å². The van der Waals surface area contributed by atoms with Crippen LogP contribution < -0.4 is 0 Å². The van der Waals surface area contributed by atoms with Gasteiger partial charge >= 0.3 is 0 Å². The first-order chi connectivity index (χ1) is 9.16. The molecule has 0 unspecified atom stereocenters. The molecule has 0 spiro atoms. The van der Waals surface area contributed by atoms with E-state index >= 15 is 0 Å². The largest absolute Gasteiger partial charge is 0.382 e. The standard InChI is InChI=1S/C18H30O2/c1-17(2,3)15-9-8-14(13-20-11-10-19-7)12-16(15)18(4,5)6/h8-9,12H,10-11,13H2,1-7H3. The SMILES string of the molecule is COCCOCc1ccc(C(C)(C)C)c(C(C)(C)C)c1. The van der Waals surface area contributed by atoms with E-state index in [1.165, 1.54) is 16.7 Å². The summed E-state index contributed by atoms with van der Waals surface area (Å²) < 4.78 is 10.6. The van der Waals surface area contributed by atoms with Gasteiger partial charge in [-0.25, -0.2) is 0 Å². The maximum Gasteiger partial charge on any atom is 0.0718 e. The number of benzene rings is 1. The van der Waals surface area contributed by atoms with Crippen molar-refractivity contribution in [3.05, 3.63) is 34.9 Å². The lowest BCUT2D eigenvalue weighted by Gasteiger charge is -2.30. The Morgan fingerprint density at radius 3 is 1.95 bits per heavy atom. The van der Waals surface area contributed by atoms with Crippen LogP contribution >= 0.6 is 0 Å². The molecule has 0 aliphatic carbocycles. The molecule has 1 aromatic rings. The van der Waals surface area contributed by atoms with E-state index in [0.717, 1.165) is 0 Å². The Hall–Kier alpha value is -0.860. The Morgan fingerprint density at radius 1 is 0.850 bits per heavy atom. The molecule has 20 heavy (non-hydrogen) atoms. The van der Waals surface area contributed by atoms with Crippen molar-refractivity contribution in [3.8, 4) is 0 Å². The first-order valence-electron chi connectivity index (χ1n) is 7.37. The van der Waals surface area contributed by atoms with Gasteiger partial charge in [0.1, 0.15) is 0 Å². The number of ether oxygens (including phenoxy) is 2. The monoisotopic (exact) mass is 278 g/mol. The second-order valence-electron chi connectivity index (χ2n) is 7.43. The predicted octanol–water partition coefficient (Wildman–Crippen LogP) is 4.44. The van der Waals surface area contributed by atoms with Gasteiger partial charge in [0.15, 0.2) is 0 Å². The van der Waals surface area contributed by atoms with E-state index in [4.69, 9.17) is 9.47 Å². The van der Waals surface area contributed by atoms with Crippen molar-refractivity contribution in [1.82, 2.24) is 0 Å². The van der Waals surface area contributed by atoms with Crippen LogP contribution in [-0.4, -0.2) is 20.3 Å². The molecule has 0 fully saturated rings. The van der Waals surface area contributed by atoms with E-state index in [-0.39, 0.29) is 10.8 Å². The van der Waals surface area contributed by atoms with Crippen LogP contribution in [0, 0.1) is 0 Å². The second-order valence-corrected chi connectivity index (χ2v) is 7.43. The Kier molecular flexibility index (Phi) is 5.79. The molecule has 0 saturated heterocycles. The van der Waals surface area contributed by atoms with Crippen LogP contribution in [0.5, 0.6) is 0 Å². The maximum absolute atomic E-state index is 5.63. The molecule has 0 heterocycles. The van der Waals surface area contributed by atoms with Crippen LogP contribution in [0.2, 0.25) is 0 Å². The predicted molar refractivity (Wildman–Crippen MR) is 85.4 cm³/mol. The van der Waals surface area contributed by atoms with Gasteiger partial charge in [0.05, 0.1) is 19.8 Å². The van der Waals surface area contributed by atoms with Gasteiger partial charge in [-0.1, -0.05) is 59.7 Å². The van der Waals surface area contributed by atoms with Gasteiger partial charge in [0.2, 0.25) is 0 Å². The molecule has 114 valence electrons. The topological polar surface area (TPSA) is 18.5 Å². The summed E-state index contributed by atoms with van der Waals surface area (Å²) in [6.07, 6.45) is 0. The number of rotatable bonds is 5. The van der Waals surface area contributed by atoms with Crippen LogP contribution in [0.3, 0.4) is 0 Å². The molecule has 0 aliphatic heterocycles. The smallest absolute Gasteiger partial charge is 0.0718 e. The minimum Gasteiger partial charge on any atom is -0.382 e. The van der Waals surface area contributed by atoms with E-state index in [9.17, 15) is 0 Å². The van der Waals surface area contributed by atoms with Crippen molar-refractivity contribution in [3.63, 3.8) is 0 Å². The highest BCUT2D eigenvalue weighted by Gasteiger charge is 2.25. The molecule has 1 rings (SSSR count). The fraction of sp³-hybridized carbons (Fsp3) is 0.667. The fourth-order valence-electron chi connectivity index (χ4n) is 2.29. The number of hydrogen-bond donors (Lipinski definition) is 0. The van der Waals surface area contributed by atoms with Gasteiger partial charge in [0, 0.05) is 7.11 Å². The first kappa shape index (κ1) is 17.2. The molecule has 1 aromatic carbocycles. The third-order valence-corrected chi connectivity index (χ3v) is 3.40. The molecule has 0 aromatic heterocycles. The summed E-state index contributed by atoms with van der Waals surface area (Å²) in [5, 5.41) is 0. The highest BCUT2D eigenvalue weighted by atomic mass is 16.5. The first-order valence-corrected chi connectivity index (χ1v) is 7.37. The minimum absolute atomic E-state index is 0.144. The van der Waals surface area contributed by atoms with Gasteiger partial charge in [0.25, 0.3) is 0 Å². The van der Waals surface area contributed by atoms with Crippen LogP contribution in [0.1, 0.15) is 58.2 Å². The van der Waals surface area contributed by atoms with E-state index in [2.05, 4.69) is 59.7 Å². The fourth-order valence-corrected chi connectivity index (χ4v) is 2.29. The van der Waals surface area contributed by atoms with Crippen molar-refractivity contribution < 1.29 is 9.47 Å². The summed E-state index contributed by atoms with van der Waals surface area (Å²) in [6.45, 7) is 15.6. The maximum atomic E-state index is 5.63. The molecule has 0 amide bonds. The third kappa shape index (κ3) is 4.92. The zero-order valence-corrected chi connectivity index (χ0v) is 14.2. The summed E-state index contributed by atoms with van der Waals surface area (Å²) in [5.41, 5.74) is 4.38. The number of hydrogen-bond acceptors (Lipinski definition) is 2. The molecule has 0 saturated carbocycles. The van der Waals surface area contributed by atoms with E-state index in [1.807, 2.05) is 0 Å². The quantitative estimate of drug-likeness (QED) is 0.741. The molecular formula is C18H30O2. The summed E-state index contributed by atoms with van der Waals surface area (Å²) in [4.78, 5) is 0. The zero-order chi connectivity index (χ0) is 15.4. The molecule has 0 radical (unpaired) electrons. The van der Waals surface area contributed by atoms with Crippen LogP contribution in [0.4, 0.5) is 0 Å². The Balaban J connectivity index is 2.97. The molecule has 0 N–H and O–H groups in total. The molecule has 0 aliphatic rings. The van der Waals surface area contributed by atoms with Crippen molar-refractivity contribution in [2.24, 2.45) is 0 Å². The average molecular weight is 278 g/mol. The van der Waals surface area contributed by atoms with E-state index < -0.39 is 0 Å². The van der Waals surface area contributed by atoms with Gasteiger partial charge < -0.3 is 9.47 Å². The summed E-state index contributed by atoms with van der Waals surface area (Å²) in [6, 6.07) is 6.74. The minimum atomic E-state index is 0.144. The Morgan fingerprint density at radius 2 is 1.45 bits per heavy atom. The van der Waals surface area contributed by atoms with Gasteiger partial charge in [-0.15, -0.1) is 0 Å². The molecule has 0 bridgehead atoms. The highest BCUT2D eigenvalue weighted by Crippen LogP contribution is 2.34. The Labute approximate surface area is 124 Å². The molecular weight excluding hydrogens is 248 g/mol. The summed E-state index contributed by atoms with van der Waals surface area (Å²) in [7, 11) is 1.69. The highest BCUT2D eigenvalue weighted by molar-refractivity contribution is 5.40. The van der Waals surface area contributed by atoms with Crippen molar-refractivity contribution in [2.75, 3.05) is 20.3 Å². The van der Waals surface area contributed by atoms with Crippen molar-refractivity contribution in [1.29, 1.82) is 0 Å². The van der Waals surface area contributed by atoms with Crippen LogP contribution in [-0.2, 0) is 26.9 Å². The van der Waals surface area contributed by atoms with E-state index in [0.29, 0.717) is 19.8 Å². The Bertz CT molecular complexity index is 422. The number of methoxy groups -OCH3 is 1. The lowest BCUT2D eigenvalue weighted by atomic mass is 9.75. The lowest BCUT2D eigenvalue weighted by molar-refractivity contribution is 0.0616. The molecule has 2 nitrogen and oxygen atoms in total. The lowest BCUT2D eigenvalue weighted by Crippen LogP contribution is -2.22. The van der Waals surface area contributed by atoms with Crippen LogP contribution in [0.15, 0.2) is 18.2 Å². The normalized spacial score (nSPS) is 12.8. The average Bonchev–Trinajstić information content (AvgIpc) is 2.32. The second kappa shape index (κ2) is 6.73. The van der Waals surface area contributed by atoms with Crippen LogP contribution in [0.25, 0.3) is 0 Å². The summed E-state index contributed by atoms with van der Waals surface area (Å²) >= 11 is 0. The molecule has 0 atom stereocenters. The van der Waals surface area contributed by atoms with Crippen molar-refractivity contribution >= 4 is 0 Å². The summed E-state index contributed by atoms with van der Waals surface area (Å²) in [5.74, 6) is 0. The van der Waals surface area contributed by atoms with Gasteiger partial charge in [-0.3, -0.25) is 0 Å². The van der Waals surface area contributed by atoms with Crippen molar-refractivity contribution in [2.45, 2.75) is 59.0 Å². The van der Waals surface area contributed by atoms with Gasteiger partial charge in [-0.2, -0.15) is 0 Å². The zero-order valence-electron chi connectivity index (χ0n) is 14.2.